The molecule has 2 aromatic carbocycles. The van der Waals surface area contributed by atoms with Gasteiger partial charge in [-0.1, -0.05) is 17.7 Å². The first-order valence-electron chi connectivity index (χ1n) is 10.2. The molecule has 1 saturated heterocycles. The third-order valence-electron chi connectivity index (χ3n) is 5.15. The van der Waals surface area contributed by atoms with Crippen molar-refractivity contribution in [3.05, 3.63) is 47.0 Å². The molecular weight excluding hydrogens is 456 g/mol. The van der Waals surface area contributed by atoms with E-state index in [9.17, 15) is 13.2 Å². The third-order valence-corrected chi connectivity index (χ3v) is 7.34. The minimum atomic E-state index is -3.56. The number of sulfonamides is 1. The van der Waals surface area contributed by atoms with Crippen LogP contribution >= 0.6 is 11.6 Å². The molecule has 3 rings (SSSR count). The smallest absolute Gasteiger partial charge is 0.257 e. The van der Waals surface area contributed by atoms with Crippen molar-refractivity contribution in [2.45, 2.75) is 24.2 Å². The number of hydrogen-bond donors (Lipinski definition) is 1. The van der Waals surface area contributed by atoms with Crippen LogP contribution in [0.5, 0.6) is 17.2 Å². The first-order chi connectivity index (χ1) is 15.3. The fraction of sp³-hybridized carbons (Fsp3) is 0.409. The number of nitrogens with zero attached hydrogens (tertiary/aromatic N) is 1. The minimum absolute atomic E-state index is 0.121. The first kappa shape index (κ1) is 24.2. The summed E-state index contributed by atoms with van der Waals surface area (Å²) in [6, 6.07) is 9.86. The zero-order valence-corrected chi connectivity index (χ0v) is 19.7. The summed E-state index contributed by atoms with van der Waals surface area (Å²) in [5, 5.41) is 2.92. The molecule has 0 spiro atoms. The number of rotatable bonds is 10. The van der Waals surface area contributed by atoms with Crippen LogP contribution in [0.3, 0.4) is 0 Å². The highest BCUT2D eigenvalue weighted by Crippen LogP contribution is 2.30. The van der Waals surface area contributed by atoms with Crippen molar-refractivity contribution in [2.75, 3.05) is 40.5 Å². The molecule has 1 aliphatic rings. The van der Waals surface area contributed by atoms with E-state index in [1.54, 1.807) is 14.2 Å². The molecule has 1 aliphatic heterocycles. The van der Waals surface area contributed by atoms with Gasteiger partial charge in [0.2, 0.25) is 10.0 Å². The SMILES string of the molecule is COc1ccc(CCNC(=O)COc2ccc(S(=O)(=O)N3CCCC3)cc2Cl)cc1OC. The van der Waals surface area contributed by atoms with Gasteiger partial charge in [0.15, 0.2) is 18.1 Å². The highest BCUT2D eigenvalue weighted by Gasteiger charge is 2.27. The summed E-state index contributed by atoms with van der Waals surface area (Å²) in [5.41, 5.74) is 0.988. The second-order valence-electron chi connectivity index (χ2n) is 7.28. The van der Waals surface area contributed by atoms with Gasteiger partial charge < -0.3 is 19.5 Å². The van der Waals surface area contributed by atoms with Gasteiger partial charge in [0.25, 0.3) is 5.91 Å². The second-order valence-corrected chi connectivity index (χ2v) is 9.63. The fourth-order valence-corrected chi connectivity index (χ4v) is 5.26. The molecular formula is C22H27ClN2O6S. The van der Waals surface area contributed by atoms with Crippen molar-refractivity contribution in [3.8, 4) is 17.2 Å². The van der Waals surface area contributed by atoms with Gasteiger partial charge >= 0.3 is 0 Å². The lowest BCUT2D eigenvalue weighted by molar-refractivity contribution is -0.123. The number of halogens is 1. The van der Waals surface area contributed by atoms with E-state index in [-0.39, 0.29) is 28.2 Å². The Hall–Kier alpha value is -2.49. The van der Waals surface area contributed by atoms with Crippen LogP contribution in [0, 0.1) is 0 Å². The van der Waals surface area contributed by atoms with Gasteiger partial charge in [0.05, 0.1) is 24.1 Å². The Bertz CT molecular complexity index is 1050. The van der Waals surface area contributed by atoms with Gasteiger partial charge in [-0.25, -0.2) is 8.42 Å². The Balaban J connectivity index is 1.49. The third kappa shape index (κ3) is 5.85. The molecule has 174 valence electrons. The van der Waals surface area contributed by atoms with E-state index >= 15 is 0 Å². The predicted octanol–water partition coefficient (Wildman–Crippen LogP) is 2.88. The quantitative estimate of drug-likeness (QED) is 0.559. The second kappa shape index (κ2) is 10.9. The van der Waals surface area contributed by atoms with Crippen LogP contribution in [0.4, 0.5) is 0 Å². The van der Waals surface area contributed by atoms with Crippen LogP contribution in [0.1, 0.15) is 18.4 Å². The zero-order chi connectivity index (χ0) is 23.1. The maximum atomic E-state index is 12.6. The van der Waals surface area contributed by atoms with Crippen molar-refractivity contribution in [1.29, 1.82) is 0 Å². The molecule has 0 atom stereocenters. The number of carbonyl (C=O) groups excluding carboxylic acids is 1. The van der Waals surface area contributed by atoms with Gasteiger partial charge in [-0.3, -0.25) is 4.79 Å². The maximum absolute atomic E-state index is 12.6. The van der Waals surface area contributed by atoms with Gasteiger partial charge in [-0.15, -0.1) is 0 Å². The lowest BCUT2D eigenvalue weighted by Crippen LogP contribution is -2.30. The largest absolute Gasteiger partial charge is 0.493 e. The van der Waals surface area contributed by atoms with Gasteiger partial charge in [0.1, 0.15) is 5.75 Å². The molecule has 1 N–H and O–H groups in total. The molecule has 0 aromatic heterocycles. The van der Waals surface area contributed by atoms with Crippen LogP contribution in [-0.4, -0.2) is 59.1 Å². The van der Waals surface area contributed by atoms with E-state index in [0.717, 1.165) is 18.4 Å². The number of nitrogens with one attached hydrogen (secondary N) is 1. The van der Waals surface area contributed by atoms with Crippen LogP contribution in [0.2, 0.25) is 5.02 Å². The van der Waals surface area contributed by atoms with Crippen LogP contribution < -0.4 is 19.5 Å². The predicted molar refractivity (Wildman–Crippen MR) is 121 cm³/mol. The number of hydrogen-bond acceptors (Lipinski definition) is 6. The maximum Gasteiger partial charge on any atom is 0.257 e. The zero-order valence-electron chi connectivity index (χ0n) is 18.1. The molecule has 0 bridgehead atoms. The molecule has 10 heteroatoms. The van der Waals surface area contributed by atoms with E-state index in [1.165, 1.54) is 22.5 Å². The summed E-state index contributed by atoms with van der Waals surface area (Å²) < 4.78 is 42.7. The summed E-state index contributed by atoms with van der Waals surface area (Å²) in [4.78, 5) is 12.2. The Morgan fingerprint density at radius 3 is 2.38 bits per heavy atom. The highest BCUT2D eigenvalue weighted by atomic mass is 35.5. The van der Waals surface area contributed by atoms with Crippen LogP contribution in [-0.2, 0) is 21.2 Å². The first-order valence-corrected chi connectivity index (χ1v) is 12.1. The van der Waals surface area contributed by atoms with Gasteiger partial charge in [-0.2, -0.15) is 4.31 Å². The summed E-state index contributed by atoms with van der Waals surface area (Å²) in [6.45, 7) is 1.21. The van der Waals surface area contributed by atoms with Gasteiger partial charge in [-0.05, 0) is 55.2 Å². The monoisotopic (exact) mass is 482 g/mol. The van der Waals surface area contributed by atoms with E-state index in [4.69, 9.17) is 25.8 Å². The summed E-state index contributed by atoms with van der Waals surface area (Å²) in [7, 11) is -0.417. The summed E-state index contributed by atoms with van der Waals surface area (Å²) in [5.74, 6) is 1.21. The Morgan fingerprint density at radius 2 is 1.72 bits per heavy atom. The number of amides is 1. The van der Waals surface area contributed by atoms with E-state index in [1.807, 2.05) is 18.2 Å². The summed E-state index contributed by atoms with van der Waals surface area (Å²) in [6.07, 6.45) is 2.32. The normalized spacial score (nSPS) is 14.2. The molecule has 1 heterocycles. The molecule has 8 nitrogen and oxygen atoms in total. The average Bonchev–Trinajstić information content (AvgIpc) is 3.34. The van der Waals surface area contributed by atoms with E-state index in [2.05, 4.69) is 5.32 Å². The molecule has 2 aromatic rings. The minimum Gasteiger partial charge on any atom is -0.493 e. The standard InChI is InChI=1S/C22H27ClN2O6S/c1-29-20-7-5-16(13-21(20)30-2)9-10-24-22(26)15-31-19-8-6-17(14-18(19)23)32(27,28)25-11-3-4-12-25/h5-8,13-14H,3-4,9-12,15H2,1-2H3,(H,24,26). The van der Waals surface area contributed by atoms with E-state index < -0.39 is 10.0 Å². The topological polar surface area (TPSA) is 94.2 Å². The molecule has 0 aliphatic carbocycles. The van der Waals surface area contributed by atoms with Crippen molar-refractivity contribution in [3.63, 3.8) is 0 Å². The highest BCUT2D eigenvalue weighted by molar-refractivity contribution is 7.89. The Kier molecular flexibility index (Phi) is 8.22. The number of ether oxygens (including phenoxy) is 3. The van der Waals surface area contributed by atoms with Gasteiger partial charge in [0, 0.05) is 19.6 Å². The molecule has 32 heavy (non-hydrogen) atoms. The van der Waals surface area contributed by atoms with E-state index in [0.29, 0.717) is 37.6 Å². The molecule has 0 unspecified atom stereocenters. The number of carbonyl (C=O) groups is 1. The van der Waals surface area contributed by atoms with Crippen molar-refractivity contribution in [2.24, 2.45) is 0 Å². The van der Waals surface area contributed by atoms with Crippen LogP contribution in [0.25, 0.3) is 0 Å². The molecule has 1 amide bonds. The Morgan fingerprint density at radius 1 is 1.03 bits per heavy atom. The molecule has 1 fully saturated rings. The number of benzene rings is 2. The lowest BCUT2D eigenvalue weighted by Gasteiger charge is -2.16. The van der Waals surface area contributed by atoms with Crippen molar-refractivity contribution in [1.82, 2.24) is 9.62 Å². The molecule has 0 radical (unpaired) electrons. The van der Waals surface area contributed by atoms with Crippen molar-refractivity contribution < 1.29 is 27.4 Å². The molecule has 0 saturated carbocycles. The Labute approximate surface area is 193 Å². The van der Waals surface area contributed by atoms with Crippen LogP contribution in [0.15, 0.2) is 41.3 Å². The fourth-order valence-electron chi connectivity index (χ4n) is 3.41. The summed E-state index contributed by atoms with van der Waals surface area (Å²) >= 11 is 6.20. The average molecular weight is 483 g/mol. The van der Waals surface area contributed by atoms with Crippen molar-refractivity contribution >= 4 is 27.5 Å². The lowest BCUT2D eigenvalue weighted by atomic mass is 10.1. The number of methoxy groups -OCH3 is 2.